The van der Waals surface area contributed by atoms with Crippen LogP contribution in [-0.4, -0.2) is 71.8 Å². The molecule has 1 aromatic carbocycles. The van der Waals surface area contributed by atoms with Gasteiger partial charge in [-0.15, -0.1) is 0 Å². The first kappa shape index (κ1) is 28.1. The van der Waals surface area contributed by atoms with Crippen molar-refractivity contribution >= 4 is 25.2 Å². The van der Waals surface area contributed by atoms with Gasteiger partial charge in [-0.1, -0.05) is 26.8 Å². The molecule has 1 fully saturated rings. The van der Waals surface area contributed by atoms with Gasteiger partial charge >= 0.3 is 5.97 Å². The summed E-state index contributed by atoms with van der Waals surface area (Å²) in [4.78, 5) is 19.6. The van der Waals surface area contributed by atoms with E-state index in [1.54, 1.807) is 14.2 Å². The minimum absolute atomic E-state index is 0.0465. The summed E-state index contributed by atoms with van der Waals surface area (Å²) < 4.78 is 23.5. The molecule has 3 heterocycles. The number of methoxy groups -OCH3 is 3. The highest BCUT2D eigenvalue weighted by Crippen LogP contribution is 2.50. The second kappa shape index (κ2) is 10.4. The van der Waals surface area contributed by atoms with E-state index in [1.165, 1.54) is 23.8 Å². The van der Waals surface area contributed by atoms with Crippen molar-refractivity contribution in [2.24, 2.45) is 17.3 Å². The summed E-state index contributed by atoms with van der Waals surface area (Å²) in [6.07, 6.45) is 1.81. The Morgan fingerprint density at radius 1 is 1.16 bits per heavy atom. The summed E-state index contributed by atoms with van der Waals surface area (Å²) in [5.41, 5.74) is 2.94. The molecule has 0 aliphatic carbocycles. The normalized spacial score (nSPS) is 24.3. The summed E-state index contributed by atoms with van der Waals surface area (Å²) in [5.74, 6) is 0.949. The van der Waals surface area contributed by atoms with Crippen LogP contribution in [0.5, 0.6) is 5.75 Å². The Hall–Kier alpha value is -1.87. The number of carbonyl (C=O) groups excluding carboxylic acids is 1. The number of aromatic nitrogens is 1. The van der Waals surface area contributed by atoms with E-state index in [0.717, 1.165) is 37.2 Å². The molecular formula is C29H46N2O5Si. The zero-order chi connectivity index (χ0) is 27.2. The molecule has 1 aromatic heterocycles. The number of fused-ring (bicyclic) bond motifs is 5. The minimum atomic E-state index is -1.95. The van der Waals surface area contributed by atoms with Crippen LogP contribution in [0.4, 0.5) is 0 Å². The highest BCUT2D eigenvalue weighted by Gasteiger charge is 2.52. The Balaban J connectivity index is 1.73. The first-order valence-corrected chi connectivity index (χ1v) is 16.4. The molecule has 2 unspecified atom stereocenters. The third-order valence-electron chi connectivity index (χ3n) is 9.46. The van der Waals surface area contributed by atoms with Crippen LogP contribution < -0.4 is 4.74 Å². The predicted octanol–water partition coefficient (Wildman–Crippen LogP) is 5.56. The summed E-state index contributed by atoms with van der Waals surface area (Å²) >= 11 is 0. The van der Waals surface area contributed by atoms with Crippen LogP contribution in [-0.2, 0) is 25.1 Å². The zero-order valence-electron chi connectivity index (χ0n) is 24.2. The molecule has 7 nitrogen and oxygen atoms in total. The van der Waals surface area contributed by atoms with Gasteiger partial charge in [-0.2, -0.15) is 0 Å². The smallest absolute Gasteiger partial charge is 0.314 e. The van der Waals surface area contributed by atoms with Gasteiger partial charge in [0.05, 0.1) is 32.3 Å². The van der Waals surface area contributed by atoms with Gasteiger partial charge in [0.15, 0.2) is 8.32 Å². The molecule has 37 heavy (non-hydrogen) atoms. The SMILES string of the molecule is COCC(C)(C(=O)OC)[C@H]1CC2c3[nH]c4cccc(OC)c4c3CCN2C[C@H]1CO[Si](C)(C)C(C)(C)C. The molecule has 0 bridgehead atoms. The van der Waals surface area contributed by atoms with Gasteiger partial charge in [-0.25, -0.2) is 0 Å². The number of benzene rings is 1. The maximum absolute atomic E-state index is 13.3. The highest BCUT2D eigenvalue weighted by molar-refractivity contribution is 6.74. The number of rotatable bonds is 8. The van der Waals surface area contributed by atoms with E-state index in [1.807, 2.05) is 19.1 Å². The third kappa shape index (κ3) is 4.98. The molecule has 4 atom stereocenters. The van der Waals surface area contributed by atoms with Crippen molar-refractivity contribution in [1.29, 1.82) is 0 Å². The van der Waals surface area contributed by atoms with Gasteiger partial charge in [0, 0.05) is 43.4 Å². The van der Waals surface area contributed by atoms with E-state index < -0.39 is 13.7 Å². The number of esters is 1. The van der Waals surface area contributed by atoms with Crippen molar-refractivity contribution in [3.63, 3.8) is 0 Å². The molecule has 2 aliphatic rings. The van der Waals surface area contributed by atoms with Crippen LogP contribution in [0, 0.1) is 17.3 Å². The Morgan fingerprint density at radius 2 is 1.89 bits per heavy atom. The van der Waals surface area contributed by atoms with E-state index in [9.17, 15) is 4.79 Å². The van der Waals surface area contributed by atoms with Gasteiger partial charge < -0.3 is 23.6 Å². The summed E-state index contributed by atoms with van der Waals surface area (Å²) in [6.45, 7) is 16.3. The van der Waals surface area contributed by atoms with Crippen LogP contribution in [0.3, 0.4) is 0 Å². The van der Waals surface area contributed by atoms with E-state index in [2.05, 4.69) is 49.8 Å². The molecule has 0 amide bonds. The van der Waals surface area contributed by atoms with Crippen molar-refractivity contribution in [3.05, 3.63) is 29.5 Å². The standard InChI is InChI=1S/C29H46N2O5Si/c1-28(2,3)37(8,9)36-17-19-16-31-14-13-20-25-22(11-10-12-24(25)34-6)30-26(20)23(31)15-21(19)29(4,18-33-5)27(32)35-7/h10-12,19,21,23,30H,13-18H2,1-9H3/t19-,21-,23?,29?/m0/s1. The fraction of sp³-hybridized carbons (Fsp3) is 0.690. The van der Waals surface area contributed by atoms with Gasteiger partial charge in [0.2, 0.25) is 0 Å². The van der Waals surface area contributed by atoms with Gasteiger partial charge in [0.1, 0.15) is 5.75 Å². The average Bonchev–Trinajstić information content (AvgIpc) is 3.25. The minimum Gasteiger partial charge on any atom is -0.496 e. The Kier molecular flexibility index (Phi) is 7.88. The number of hydrogen-bond donors (Lipinski definition) is 1. The van der Waals surface area contributed by atoms with Gasteiger partial charge in [-0.3, -0.25) is 9.69 Å². The van der Waals surface area contributed by atoms with Crippen LogP contribution in [0.1, 0.15) is 51.4 Å². The number of piperidine rings is 1. The number of carbonyl (C=O) groups is 1. The maximum Gasteiger partial charge on any atom is 0.314 e. The molecule has 206 valence electrons. The van der Waals surface area contributed by atoms with Crippen molar-refractivity contribution in [2.75, 3.05) is 47.6 Å². The molecular weight excluding hydrogens is 484 g/mol. The Bertz CT molecular complexity index is 1120. The molecule has 0 radical (unpaired) electrons. The zero-order valence-corrected chi connectivity index (χ0v) is 25.2. The van der Waals surface area contributed by atoms with Crippen LogP contribution >= 0.6 is 0 Å². The highest BCUT2D eigenvalue weighted by atomic mass is 28.4. The van der Waals surface area contributed by atoms with Crippen molar-refractivity contribution in [1.82, 2.24) is 9.88 Å². The Labute approximate surface area is 223 Å². The number of nitrogens with zero attached hydrogens (tertiary/aromatic N) is 1. The first-order valence-electron chi connectivity index (χ1n) is 13.5. The van der Waals surface area contributed by atoms with Crippen molar-refractivity contribution in [3.8, 4) is 5.75 Å². The largest absolute Gasteiger partial charge is 0.496 e. The topological polar surface area (TPSA) is 73.0 Å². The fourth-order valence-electron chi connectivity index (χ4n) is 6.29. The van der Waals surface area contributed by atoms with Crippen LogP contribution in [0.15, 0.2) is 18.2 Å². The predicted molar refractivity (Wildman–Crippen MR) is 150 cm³/mol. The second-order valence-corrected chi connectivity index (χ2v) is 17.5. The molecule has 0 saturated carbocycles. The van der Waals surface area contributed by atoms with E-state index in [-0.39, 0.29) is 28.9 Å². The lowest BCUT2D eigenvalue weighted by Crippen LogP contribution is -2.55. The molecule has 4 rings (SSSR count). The summed E-state index contributed by atoms with van der Waals surface area (Å²) in [5, 5.41) is 1.31. The van der Waals surface area contributed by atoms with E-state index >= 15 is 0 Å². The molecule has 0 spiro atoms. The van der Waals surface area contributed by atoms with Crippen LogP contribution in [0.2, 0.25) is 18.1 Å². The molecule has 2 aromatic rings. The van der Waals surface area contributed by atoms with Gasteiger partial charge in [-0.05, 0) is 67.4 Å². The lowest BCUT2D eigenvalue weighted by molar-refractivity contribution is -0.165. The number of aromatic amines is 1. The van der Waals surface area contributed by atoms with E-state index in [0.29, 0.717) is 13.2 Å². The van der Waals surface area contributed by atoms with Crippen LogP contribution in [0.25, 0.3) is 10.9 Å². The van der Waals surface area contributed by atoms with Gasteiger partial charge in [0.25, 0.3) is 0 Å². The monoisotopic (exact) mass is 530 g/mol. The maximum atomic E-state index is 13.3. The van der Waals surface area contributed by atoms with Crippen molar-refractivity contribution in [2.45, 2.75) is 64.7 Å². The molecule has 2 aliphatic heterocycles. The summed E-state index contributed by atoms with van der Waals surface area (Å²) in [6, 6.07) is 6.38. The first-order chi connectivity index (χ1) is 17.4. The Morgan fingerprint density at radius 3 is 2.51 bits per heavy atom. The number of nitrogens with one attached hydrogen (secondary N) is 1. The number of ether oxygens (including phenoxy) is 3. The molecule has 1 saturated heterocycles. The third-order valence-corrected chi connectivity index (χ3v) is 14.0. The second-order valence-electron chi connectivity index (χ2n) is 12.7. The number of H-pyrrole nitrogens is 1. The lowest BCUT2D eigenvalue weighted by atomic mass is 9.65. The fourth-order valence-corrected chi connectivity index (χ4v) is 7.35. The quantitative estimate of drug-likeness (QED) is 0.356. The summed E-state index contributed by atoms with van der Waals surface area (Å²) in [7, 11) is 2.93. The lowest BCUT2D eigenvalue weighted by Gasteiger charge is -2.51. The molecule has 1 N–H and O–H groups in total. The van der Waals surface area contributed by atoms with E-state index in [4.69, 9.17) is 18.6 Å². The average molecular weight is 531 g/mol. The molecule has 8 heteroatoms. The number of hydrogen-bond acceptors (Lipinski definition) is 6. The van der Waals surface area contributed by atoms with Crippen molar-refractivity contribution < 1.29 is 23.4 Å².